The number of nitrogens with zero attached hydrogens (tertiary/aromatic N) is 7. The number of anilines is 2. The summed E-state index contributed by atoms with van der Waals surface area (Å²) >= 11 is 0. The first-order valence-electron chi connectivity index (χ1n) is 29.7. The molecule has 2 saturated heterocycles. The minimum atomic E-state index is -0.932. The van der Waals surface area contributed by atoms with E-state index in [2.05, 4.69) is 64.9 Å². The number of carboxylic acid groups (broad SMARTS) is 1. The first-order chi connectivity index (χ1) is 43.1. The van der Waals surface area contributed by atoms with Crippen molar-refractivity contribution in [1.82, 2.24) is 45.3 Å². The maximum Gasteiger partial charge on any atom is 0.407 e. The molecule has 0 radical (unpaired) electrons. The van der Waals surface area contributed by atoms with E-state index in [0.717, 1.165) is 68.5 Å². The summed E-state index contributed by atoms with van der Waals surface area (Å²) < 4.78 is 0. The van der Waals surface area contributed by atoms with Crippen LogP contribution in [0.5, 0.6) is 0 Å². The van der Waals surface area contributed by atoms with Gasteiger partial charge in [0, 0.05) is 151 Å². The second-order valence-corrected chi connectivity index (χ2v) is 22.6. The fourth-order valence-electron chi connectivity index (χ4n) is 10.6. The lowest BCUT2D eigenvalue weighted by Gasteiger charge is -2.43. The summed E-state index contributed by atoms with van der Waals surface area (Å²) in [5.74, 6) is 12.9. The van der Waals surface area contributed by atoms with Gasteiger partial charge in [-0.3, -0.25) is 29.5 Å². The van der Waals surface area contributed by atoms with Gasteiger partial charge in [0.15, 0.2) is 0 Å². The summed E-state index contributed by atoms with van der Waals surface area (Å²) in [4.78, 5) is 84.8. The maximum absolute atomic E-state index is 13.3. The van der Waals surface area contributed by atoms with Gasteiger partial charge in [-0.2, -0.15) is 0 Å². The molecule has 0 unspecified atom stereocenters. The molecule has 18 heteroatoms. The van der Waals surface area contributed by atoms with Crippen molar-refractivity contribution in [2.45, 2.75) is 76.9 Å². The van der Waals surface area contributed by atoms with Gasteiger partial charge in [0.25, 0.3) is 11.8 Å². The molecule has 4 aromatic heterocycles. The largest absolute Gasteiger partial charge is 0.465 e. The number of nitrogens with two attached hydrogens (primary N) is 1. The van der Waals surface area contributed by atoms with E-state index < -0.39 is 11.6 Å². The average Bonchev–Trinajstić information content (AvgIpc) is 2.81. The minimum Gasteiger partial charge on any atom is -0.465 e. The fourth-order valence-corrected chi connectivity index (χ4v) is 10.6. The molecule has 0 aliphatic carbocycles. The lowest BCUT2D eigenvalue weighted by Crippen LogP contribution is -2.55. The Morgan fingerprint density at radius 3 is 1.34 bits per heavy atom. The monoisotopic (exact) mass is 1190 g/mol. The second-order valence-electron chi connectivity index (χ2n) is 22.6. The molecule has 10 rings (SSSR count). The maximum atomic E-state index is 13.3. The van der Waals surface area contributed by atoms with Crippen LogP contribution in [0, 0.1) is 23.7 Å². The van der Waals surface area contributed by atoms with Gasteiger partial charge in [0.1, 0.15) is 0 Å². The molecule has 18 nitrogen and oxygen atoms in total. The molecule has 0 saturated carbocycles. The number of carbonyl (C=O) groups excluding carboxylic acids is 4. The number of benzene rings is 4. The Morgan fingerprint density at radius 1 is 0.539 bits per heavy atom. The zero-order valence-electron chi connectivity index (χ0n) is 50.2. The summed E-state index contributed by atoms with van der Waals surface area (Å²) in [6.07, 6.45) is 17.2. The Bertz CT molecular complexity index is 3830. The zero-order valence-corrected chi connectivity index (χ0v) is 50.2. The first-order valence-corrected chi connectivity index (χ1v) is 29.7. The van der Waals surface area contributed by atoms with Crippen LogP contribution in [0.2, 0.25) is 0 Å². The standard InChI is InChI=1S/C38H40N6O4.C33H32N6O2/c1-38(2,3)44(37(47)48)33-17-23-43(24-18-33)35(45)30-9-6-27(7-10-30)8-11-31-25-32(12-13-34(31)29-15-20-39-21-16-29)42-36(46)41-22-14-28-5-4-19-40-26-28;34-29-14-20-39(21-15-29)32(40)27-6-3-24(4-7-27)5-8-28-22-30(9-10-31(28)26-12-17-35-18-13-26)38-33(41)37-19-11-25-2-1-16-36-23-25/h4-7,9-10,12-13,15-16,19-21,25-26,33H,14,17-18,22-24H2,1-3H3,(H,47,48)(H2,41,42,46);1-4,6-7,9-10,12-13,16-18,22-23,29H,11,14-15,19-21,34H2,(H2,37,38,41). The second kappa shape index (κ2) is 30.6. The third-order valence-electron chi connectivity index (χ3n) is 15.2. The summed E-state index contributed by atoms with van der Waals surface area (Å²) in [6.45, 7) is 9.00. The van der Waals surface area contributed by atoms with Crippen LogP contribution in [0.25, 0.3) is 22.3 Å². The molecule has 452 valence electrons. The van der Waals surface area contributed by atoms with E-state index in [9.17, 15) is 29.1 Å². The van der Waals surface area contributed by atoms with E-state index in [1.807, 2.05) is 147 Å². The molecule has 0 atom stereocenters. The van der Waals surface area contributed by atoms with E-state index in [1.165, 1.54) is 4.90 Å². The number of piperidine rings is 2. The highest BCUT2D eigenvalue weighted by molar-refractivity contribution is 5.95. The van der Waals surface area contributed by atoms with E-state index in [4.69, 9.17) is 5.73 Å². The number of amides is 7. The number of nitrogens with one attached hydrogen (secondary N) is 4. The van der Waals surface area contributed by atoms with Crippen LogP contribution in [-0.4, -0.2) is 127 Å². The number of aromatic nitrogens is 4. The molecule has 2 fully saturated rings. The predicted molar refractivity (Wildman–Crippen MR) is 346 cm³/mol. The molecule has 2 aliphatic rings. The molecule has 7 amide bonds. The molecule has 0 bridgehead atoms. The van der Waals surface area contributed by atoms with Crippen molar-refractivity contribution in [3.05, 3.63) is 228 Å². The first kappa shape index (κ1) is 62.8. The Kier molecular flexibility index (Phi) is 21.6. The van der Waals surface area contributed by atoms with Crippen molar-refractivity contribution in [3.63, 3.8) is 0 Å². The summed E-state index contributed by atoms with van der Waals surface area (Å²) in [5, 5.41) is 21.3. The third kappa shape index (κ3) is 18.2. The highest BCUT2D eigenvalue weighted by Crippen LogP contribution is 2.29. The predicted octanol–water partition coefficient (Wildman–Crippen LogP) is 10.8. The van der Waals surface area contributed by atoms with Crippen molar-refractivity contribution < 1.29 is 29.1 Å². The van der Waals surface area contributed by atoms with Crippen LogP contribution in [0.3, 0.4) is 0 Å². The van der Waals surface area contributed by atoms with Crippen LogP contribution in [0.1, 0.15) is 101 Å². The quantitative estimate of drug-likeness (QED) is 0.0593. The topological polar surface area (TPSA) is 241 Å². The van der Waals surface area contributed by atoms with Crippen molar-refractivity contribution in [2.24, 2.45) is 5.73 Å². The summed E-state index contributed by atoms with van der Waals surface area (Å²) in [5.41, 5.74) is 16.8. The highest BCUT2D eigenvalue weighted by atomic mass is 16.4. The average molecular weight is 1190 g/mol. The van der Waals surface area contributed by atoms with Crippen LogP contribution >= 0.6 is 0 Å². The van der Waals surface area contributed by atoms with Crippen molar-refractivity contribution >= 4 is 41.3 Å². The summed E-state index contributed by atoms with van der Waals surface area (Å²) in [7, 11) is 0. The molecule has 0 spiro atoms. The number of hydrogen-bond acceptors (Lipinski definition) is 10. The Hall–Kier alpha value is -10.7. The van der Waals surface area contributed by atoms with Gasteiger partial charge in [-0.05, 0) is 202 Å². The van der Waals surface area contributed by atoms with Gasteiger partial charge < -0.3 is 46.8 Å². The lowest BCUT2D eigenvalue weighted by atomic mass is 9.96. The molecular formula is C71H72N12O6. The van der Waals surface area contributed by atoms with Crippen LogP contribution in [0.4, 0.5) is 25.8 Å². The van der Waals surface area contributed by atoms with E-state index in [-0.39, 0.29) is 36.0 Å². The number of pyridine rings is 4. The SMILES string of the molecule is CC(C)(C)N(C(=O)O)C1CCN(C(=O)c2ccc(C#Cc3cc(NC(=O)NCCc4cccnc4)ccc3-c3ccncc3)cc2)CC1.NC1CCN(C(=O)c2ccc(C#Cc3cc(NC(=O)NCCc4cccnc4)ccc3-c3ccncc3)cc2)CC1. The van der Waals surface area contributed by atoms with Crippen molar-refractivity contribution in [3.8, 4) is 45.9 Å². The van der Waals surface area contributed by atoms with Gasteiger partial charge in [-0.25, -0.2) is 14.4 Å². The number of urea groups is 2. The van der Waals surface area contributed by atoms with Crippen molar-refractivity contribution in [2.75, 3.05) is 49.9 Å². The normalized spacial score (nSPS) is 13.2. The van der Waals surface area contributed by atoms with Gasteiger partial charge in [-0.1, -0.05) is 47.9 Å². The Labute approximate surface area is 519 Å². The van der Waals surface area contributed by atoms with Gasteiger partial charge >= 0.3 is 18.2 Å². The Balaban J connectivity index is 0.000000214. The third-order valence-corrected chi connectivity index (χ3v) is 15.2. The lowest BCUT2D eigenvalue weighted by molar-refractivity contribution is 0.0383. The summed E-state index contributed by atoms with van der Waals surface area (Å²) in [6, 6.07) is 40.6. The Morgan fingerprint density at radius 2 is 0.955 bits per heavy atom. The highest BCUT2D eigenvalue weighted by Gasteiger charge is 2.36. The molecule has 7 N–H and O–H groups in total. The fraction of sp³-hybridized carbons (Fsp3) is 0.254. The van der Waals surface area contributed by atoms with Gasteiger partial charge in [-0.15, -0.1) is 0 Å². The zero-order chi connectivity index (χ0) is 62.5. The molecule has 4 aromatic carbocycles. The van der Waals surface area contributed by atoms with E-state index >= 15 is 0 Å². The number of hydrogen-bond donors (Lipinski definition) is 6. The van der Waals surface area contributed by atoms with Crippen LogP contribution in [0.15, 0.2) is 183 Å². The molecular weight excluding hydrogens is 1120 g/mol. The van der Waals surface area contributed by atoms with Gasteiger partial charge in [0.05, 0.1) is 0 Å². The smallest absolute Gasteiger partial charge is 0.407 e. The number of rotatable bonds is 13. The molecule has 89 heavy (non-hydrogen) atoms. The van der Waals surface area contributed by atoms with Crippen molar-refractivity contribution in [1.29, 1.82) is 0 Å². The number of likely N-dealkylation sites (tertiary alicyclic amines) is 2. The van der Waals surface area contributed by atoms with E-state index in [0.29, 0.717) is 87.5 Å². The van der Waals surface area contributed by atoms with Crippen LogP contribution < -0.4 is 27.0 Å². The molecule has 6 heterocycles. The van der Waals surface area contributed by atoms with E-state index in [1.54, 1.807) is 66.6 Å². The molecule has 8 aromatic rings. The van der Waals surface area contributed by atoms with Gasteiger partial charge in [0.2, 0.25) is 0 Å². The molecule has 2 aliphatic heterocycles. The van der Waals surface area contributed by atoms with Crippen LogP contribution in [-0.2, 0) is 12.8 Å². The number of carbonyl (C=O) groups is 5. The minimum absolute atomic E-state index is 0.0221.